The first-order chi connectivity index (χ1) is 22.3. The zero-order chi connectivity index (χ0) is 32.2. The molecule has 1 aliphatic rings. The van der Waals surface area contributed by atoms with Crippen molar-refractivity contribution in [3.63, 3.8) is 0 Å². The van der Waals surface area contributed by atoms with Crippen molar-refractivity contribution >= 4 is 68.9 Å². The van der Waals surface area contributed by atoms with Gasteiger partial charge in [0.15, 0.2) is 4.34 Å². The van der Waals surface area contributed by atoms with E-state index in [1.165, 1.54) is 16.7 Å². The summed E-state index contributed by atoms with van der Waals surface area (Å²) < 4.78 is 12.1. The number of nitrogens with zero attached hydrogens (tertiary/aromatic N) is 3. The smallest absolute Gasteiger partial charge is 0.301 e. The Hall–Kier alpha value is -4.35. The summed E-state index contributed by atoms with van der Waals surface area (Å²) in [4.78, 5) is 28.7. The van der Waals surface area contributed by atoms with Gasteiger partial charge in [-0.05, 0) is 78.7 Å². The topological polar surface area (TPSA) is 102 Å². The molecule has 1 atom stereocenters. The van der Waals surface area contributed by atoms with Crippen LogP contribution in [-0.2, 0) is 15.3 Å². The molecule has 1 aromatic heterocycles. The van der Waals surface area contributed by atoms with Gasteiger partial charge in [0.05, 0.1) is 18.2 Å². The zero-order valence-corrected chi connectivity index (χ0v) is 27.4. The van der Waals surface area contributed by atoms with Gasteiger partial charge in [-0.15, -0.1) is 10.2 Å². The van der Waals surface area contributed by atoms with E-state index in [9.17, 15) is 14.7 Å². The fourth-order valence-electron chi connectivity index (χ4n) is 4.89. The van der Waals surface area contributed by atoms with E-state index < -0.39 is 17.7 Å². The van der Waals surface area contributed by atoms with Crippen molar-refractivity contribution in [3.05, 3.63) is 129 Å². The molecule has 2 heterocycles. The van der Waals surface area contributed by atoms with Gasteiger partial charge in [-0.2, -0.15) is 0 Å². The fourth-order valence-corrected chi connectivity index (χ4v) is 7.31. The Kier molecular flexibility index (Phi) is 9.60. The zero-order valence-electron chi connectivity index (χ0n) is 24.2. The summed E-state index contributed by atoms with van der Waals surface area (Å²) in [5.41, 5.74) is 1.68. The highest BCUT2D eigenvalue weighted by Gasteiger charge is 2.48. The number of aliphatic hydroxyl groups excluding tert-OH is 1. The molecule has 1 saturated heterocycles. The number of carbonyl (C=O) groups excluding carboxylic acids is 2. The maximum Gasteiger partial charge on any atom is 0.301 e. The maximum atomic E-state index is 13.7. The summed E-state index contributed by atoms with van der Waals surface area (Å²) in [6.45, 7) is 2.35. The van der Waals surface area contributed by atoms with E-state index in [0.717, 1.165) is 16.9 Å². The molecule has 1 unspecified atom stereocenters. The predicted molar refractivity (Wildman–Crippen MR) is 181 cm³/mol. The molecule has 1 amide bonds. The number of anilines is 1. The van der Waals surface area contributed by atoms with E-state index in [1.54, 1.807) is 60.7 Å². The Balaban J connectivity index is 1.38. The summed E-state index contributed by atoms with van der Waals surface area (Å²) in [5, 5.41) is 21.4. The fraction of sp³-hybridized carbons (Fsp3) is 0.118. The summed E-state index contributed by atoms with van der Waals surface area (Å²) >= 11 is 14.9. The van der Waals surface area contributed by atoms with Gasteiger partial charge in [0.25, 0.3) is 5.78 Å². The van der Waals surface area contributed by atoms with Gasteiger partial charge in [-0.25, -0.2) is 0 Å². The first-order valence-electron chi connectivity index (χ1n) is 14.1. The number of aliphatic hydroxyl groups is 1. The minimum atomic E-state index is -1.01. The van der Waals surface area contributed by atoms with Crippen LogP contribution in [0.25, 0.3) is 5.76 Å². The number of ketones is 1. The molecule has 0 saturated carbocycles. The molecule has 5 aromatic rings. The molecule has 0 spiro atoms. The van der Waals surface area contributed by atoms with Crippen molar-refractivity contribution in [3.8, 4) is 17.2 Å². The van der Waals surface area contributed by atoms with Crippen molar-refractivity contribution in [2.24, 2.45) is 0 Å². The van der Waals surface area contributed by atoms with E-state index >= 15 is 0 Å². The molecule has 46 heavy (non-hydrogen) atoms. The van der Waals surface area contributed by atoms with Gasteiger partial charge in [-0.1, -0.05) is 82.7 Å². The van der Waals surface area contributed by atoms with Gasteiger partial charge in [0.2, 0.25) is 5.13 Å². The van der Waals surface area contributed by atoms with E-state index in [-0.39, 0.29) is 16.5 Å². The van der Waals surface area contributed by atoms with Crippen molar-refractivity contribution in [2.75, 3.05) is 11.5 Å². The number of aromatic nitrogens is 2. The molecule has 0 bridgehead atoms. The van der Waals surface area contributed by atoms with Crippen LogP contribution in [0.3, 0.4) is 0 Å². The van der Waals surface area contributed by atoms with E-state index in [4.69, 9.17) is 32.7 Å². The second-order valence-electron chi connectivity index (χ2n) is 9.99. The number of hydrogen-bond donors (Lipinski definition) is 1. The molecular formula is C34H25Cl2N3O5S2. The van der Waals surface area contributed by atoms with Crippen molar-refractivity contribution in [2.45, 2.75) is 23.1 Å². The summed E-state index contributed by atoms with van der Waals surface area (Å²) in [7, 11) is 0. The molecule has 4 aromatic carbocycles. The predicted octanol–water partition coefficient (Wildman–Crippen LogP) is 8.95. The first-order valence-corrected chi connectivity index (χ1v) is 16.7. The minimum absolute atomic E-state index is 0.0802. The van der Waals surface area contributed by atoms with Crippen molar-refractivity contribution in [1.82, 2.24) is 10.2 Å². The Labute approximate surface area is 283 Å². The minimum Gasteiger partial charge on any atom is -0.507 e. The lowest BCUT2D eigenvalue weighted by atomic mass is 9.95. The summed E-state index contributed by atoms with van der Waals surface area (Å²) in [6.07, 6.45) is 0. The molecule has 12 heteroatoms. The number of carbonyl (C=O) groups is 2. The Morgan fingerprint density at radius 1 is 0.913 bits per heavy atom. The number of ether oxygens (including phenoxy) is 2. The Morgan fingerprint density at radius 3 is 2.41 bits per heavy atom. The van der Waals surface area contributed by atoms with Crippen LogP contribution in [0.5, 0.6) is 17.2 Å². The van der Waals surface area contributed by atoms with Crippen LogP contribution >= 0.6 is 46.3 Å². The number of halogens is 2. The molecule has 8 nitrogen and oxygen atoms in total. The average molecular weight is 691 g/mol. The van der Waals surface area contributed by atoms with Crippen LogP contribution in [0, 0.1) is 0 Å². The normalized spacial score (nSPS) is 15.7. The van der Waals surface area contributed by atoms with Gasteiger partial charge in [0, 0.05) is 21.4 Å². The number of hydrogen-bond acceptors (Lipinski definition) is 9. The van der Waals surface area contributed by atoms with Gasteiger partial charge in [-0.3, -0.25) is 14.5 Å². The lowest BCUT2D eigenvalue weighted by Gasteiger charge is -2.23. The molecule has 1 fully saturated rings. The molecule has 0 radical (unpaired) electrons. The second-order valence-corrected chi connectivity index (χ2v) is 13.0. The molecule has 1 aliphatic heterocycles. The third kappa shape index (κ3) is 6.75. The SMILES string of the molecule is CCOc1ccc(/C(O)=C2/C(=O)C(=O)N(c3nnc(SCc4ccc(Cl)cc4Cl)s3)C2c2cccc(Oc3ccccc3)c2)cc1. The summed E-state index contributed by atoms with van der Waals surface area (Å²) in [5.74, 6) is 0.214. The average Bonchev–Trinajstić information content (AvgIpc) is 3.63. The standard InChI is InChI=1S/C34H25Cl2N3O5S2/c1-2-43-24-15-12-20(13-16-24)30(40)28-29(21-7-6-10-26(17-21)44-25-8-4-3-5-9-25)39(32(42)31(28)41)33-37-38-34(46-33)45-19-22-11-14-23(35)18-27(22)36/h3-18,29,40H,2,19H2,1H3/b30-28-. The third-order valence-corrected chi connectivity index (χ3v) is 9.70. The van der Waals surface area contributed by atoms with Crippen LogP contribution in [0.4, 0.5) is 5.13 Å². The highest BCUT2D eigenvalue weighted by molar-refractivity contribution is 8.00. The highest BCUT2D eigenvalue weighted by atomic mass is 35.5. The lowest BCUT2D eigenvalue weighted by molar-refractivity contribution is -0.132. The van der Waals surface area contributed by atoms with Crippen LogP contribution in [-0.4, -0.2) is 33.6 Å². The van der Waals surface area contributed by atoms with Crippen molar-refractivity contribution in [1.29, 1.82) is 0 Å². The van der Waals surface area contributed by atoms with E-state index in [2.05, 4.69) is 10.2 Å². The number of thioether (sulfide) groups is 1. The quantitative estimate of drug-likeness (QED) is 0.0510. The van der Waals surface area contributed by atoms with Crippen LogP contribution < -0.4 is 14.4 Å². The Bertz CT molecular complexity index is 1930. The molecular weight excluding hydrogens is 665 g/mol. The Morgan fingerprint density at radius 2 is 1.67 bits per heavy atom. The van der Waals surface area contributed by atoms with E-state index in [0.29, 0.717) is 55.1 Å². The lowest BCUT2D eigenvalue weighted by Crippen LogP contribution is -2.29. The van der Waals surface area contributed by atoms with Gasteiger partial charge >= 0.3 is 5.91 Å². The van der Waals surface area contributed by atoms with Crippen LogP contribution in [0.2, 0.25) is 10.0 Å². The molecule has 232 valence electrons. The molecule has 1 N–H and O–H groups in total. The second kappa shape index (κ2) is 14.0. The van der Waals surface area contributed by atoms with Crippen LogP contribution in [0.15, 0.2) is 107 Å². The van der Waals surface area contributed by atoms with Crippen LogP contribution in [0.1, 0.15) is 29.7 Å². The number of Topliss-reactive ketones (excluding diaryl/α,β-unsaturated/α-hetero) is 1. The number of amides is 1. The van der Waals surface area contributed by atoms with Crippen molar-refractivity contribution < 1.29 is 24.2 Å². The van der Waals surface area contributed by atoms with Gasteiger partial charge < -0.3 is 14.6 Å². The highest BCUT2D eigenvalue weighted by Crippen LogP contribution is 2.45. The third-order valence-electron chi connectivity index (χ3n) is 7.00. The maximum absolute atomic E-state index is 13.7. The summed E-state index contributed by atoms with van der Waals surface area (Å²) in [6, 6.07) is 27.2. The monoisotopic (exact) mass is 689 g/mol. The van der Waals surface area contributed by atoms with E-state index in [1.807, 2.05) is 43.3 Å². The van der Waals surface area contributed by atoms with Gasteiger partial charge in [0.1, 0.15) is 23.0 Å². The molecule has 0 aliphatic carbocycles. The number of para-hydroxylation sites is 1. The molecule has 6 rings (SSSR count). The first kappa shape index (κ1) is 31.6. The number of benzene rings is 4. The largest absolute Gasteiger partial charge is 0.507 e. The number of rotatable bonds is 10.